The number of hydrogen-bond acceptors (Lipinski definition) is 11. The molecule has 2 saturated heterocycles. The minimum Gasteiger partial charge on any atom is -0.488 e. The van der Waals surface area contributed by atoms with Crippen molar-refractivity contribution in [2.45, 2.75) is 102 Å². The molecule has 8 rings (SSSR count). The Morgan fingerprint density at radius 2 is 1.50 bits per heavy atom. The van der Waals surface area contributed by atoms with E-state index < -0.39 is 36.4 Å². The summed E-state index contributed by atoms with van der Waals surface area (Å²) in [7, 11) is 5.54. The quantitative estimate of drug-likeness (QED) is 0.100. The number of alkyl carbamates (subject to hydrolysis) is 2. The van der Waals surface area contributed by atoms with Gasteiger partial charge in [-0.25, -0.2) is 19.6 Å². The van der Waals surface area contributed by atoms with Crippen molar-refractivity contribution in [3.8, 4) is 28.1 Å². The molecule has 2 fully saturated rings. The normalized spacial score (nSPS) is 21.1. The smallest absolute Gasteiger partial charge is 0.411 e. The molecule has 0 unspecified atom stereocenters. The summed E-state index contributed by atoms with van der Waals surface area (Å²) < 4.78 is 27.0. The average Bonchev–Trinajstić information content (AvgIpc) is 4.12. The molecule has 0 radical (unpaired) electrons. The number of rotatable bonds is 12. The number of benzene rings is 3. The van der Waals surface area contributed by atoms with E-state index in [1.54, 1.807) is 24.9 Å². The number of fused-ring (bicyclic) bond motifs is 6. The van der Waals surface area contributed by atoms with Crippen molar-refractivity contribution in [1.29, 1.82) is 0 Å². The van der Waals surface area contributed by atoms with E-state index in [0.717, 1.165) is 68.3 Å². The molecular weight excluding hydrogens is 821 g/mol. The number of ether oxygens (including phenoxy) is 5. The number of methoxy groups -OCH3 is 4. The van der Waals surface area contributed by atoms with Gasteiger partial charge in [-0.3, -0.25) is 14.9 Å². The molecule has 17 nitrogen and oxygen atoms in total. The number of nitrogens with one attached hydrogen (secondary N) is 4. The van der Waals surface area contributed by atoms with Gasteiger partial charge in [0.25, 0.3) is 0 Å². The molecule has 5 heterocycles. The van der Waals surface area contributed by atoms with Crippen LogP contribution in [-0.2, 0) is 35.1 Å². The maximum atomic E-state index is 14.3. The number of carbonyl (C=O) groups is 4. The van der Waals surface area contributed by atoms with E-state index in [2.05, 4.69) is 57.5 Å². The van der Waals surface area contributed by atoms with E-state index in [0.29, 0.717) is 31.1 Å². The number of aromatic amines is 2. The van der Waals surface area contributed by atoms with Gasteiger partial charge in [0.2, 0.25) is 11.8 Å². The van der Waals surface area contributed by atoms with Crippen LogP contribution in [0.2, 0.25) is 0 Å². The number of likely N-dealkylation sites (tertiary alicyclic amines) is 2. The van der Waals surface area contributed by atoms with Gasteiger partial charge in [0, 0.05) is 42.9 Å². The van der Waals surface area contributed by atoms with Crippen molar-refractivity contribution in [2.24, 2.45) is 5.92 Å². The summed E-state index contributed by atoms with van der Waals surface area (Å²) in [5, 5.41) is 7.15. The Labute approximate surface area is 371 Å². The zero-order valence-electron chi connectivity index (χ0n) is 37.4. The number of nitrogens with zero attached hydrogens (tertiary/aromatic N) is 4. The highest BCUT2D eigenvalue weighted by Gasteiger charge is 2.44. The predicted molar refractivity (Wildman–Crippen MR) is 238 cm³/mol. The lowest BCUT2D eigenvalue weighted by molar-refractivity contribution is -0.141. The van der Waals surface area contributed by atoms with Crippen molar-refractivity contribution >= 4 is 45.8 Å². The molecule has 4 N–H and O–H groups in total. The molecule has 3 aliphatic heterocycles. The standard InChI is InChI=1S/C47H56N8O9/c1-23-11-17-37(54(23)44(56)39(26(4)60-6)25(3)49-46(58)62-8)43-50-34-15-13-28-19-33-31-14-12-29(18-30(31)22-64-38(33)20-32(28)41(34)52-43)35-21-48-42(51-35)36-16-10-24(2)55(36)45(57)40(27(5)61-7)53-47(59)63-9/h12-15,18-21,23-24,26-27,36-37,39-40H,3,10-11,16-17,22H2,1-2,4-9H3,(H,48,51)(H,49,58)(H,50,52)(H,53,59)/t23-,24-,26+,27+,36-,37-,39-,40-/m0/s1. The fourth-order valence-electron chi connectivity index (χ4n) is 9.58. The molecule has 5 aromatic rings. The first-order valence-electron chi connectivity index (χ1n) is 21.6. The number of imidazole rings is 2. The van der Waals surface area contributed by atoms with Gasteiger partial charge >= 0.3 is 12.2 Å². The van der Waals surface area contributed by atoms with Gasteiger partial charge < -0.3 is 48.8 Å². The van der Waals surface area contributed by atoms with E-state index in [4.69, 9.17) is 33.7 Å². The third kappa shape index (κ3) is 8.02. The molecule has 3 aliphatic rings. The van der Waals surface area contributed by atoms with Crippen LogP contribution in [0.4, 0.5) is 9.59 Å². The maximum absolute atomic E-state index is 14.3. The summed E-state index contributed by atoms with van der Waals surface area (Å²) in [5.74, 6) is 0.767. The Morgan fingerprint density at radius 1 is 0.812 bits per heavy atom. The highest BCUT2D eigenvalue weighted by molar-refractivity contribution is 6.07. The lowest BCUT2D eigenvalue weighted by Crippen LogP contribution is -2.55. The van der Waals surface area contributed by atoms with Crippen LogP contribution in [0, 0.1) is 5.92 Å². The summed E-state index contributed by atoms with van der Waals surface area (Å²) in [5.41, 5.74) is 6.61. The van der Waals surface area contributed by atoms with E-state index in [1.807, 2.05) is 30.9 Å². The first-order chi connectivity index (χ1) is 30.8. The summed E-state index contributed by atoms with van der Waals surface area (Å²) >= 11 is 0. The van der Waals surface area contributed by atoms with E-state index in [-0.39, 0.29) is 41.7 Å². The highest BCUT2D eigenvalue weighted by atomic mass is 16.5. The summed E-state index contributed by atoms with van der Waals surface area (Å²) in [4.78, 5) is 73.0. The van der Waals surface area contributed by atoms with Crippen molar-refractivity contribution in [1.82, 2.24) is 40.4 Å². The second-order valence-corrected chi connectivity index (χ2v) is 17.0. The minimum atomic E-state index is -0.933. The van der Waals surface area contributed by atoms with Gasteiger partial charge in [-0.05, 0) is 99.7 Å². The molecule has 17 heteroatoms. The first-order valence-corrected chi connectivity index (χ1v) is 21.6. The second-order valence-electron chi connectivity index (χ2n) is 17.0. The highest BCUT2D eigenvalue weighted by Crippen LogP contribution is 2.44. The molecule has 64 heavy (non-hydrogen) atoms. The summed E-state index contributed by atoms with van der Waals surface area (Å²) in [6.07, 6.45) is 2.20. The fourth-order valence-corrected chi connectivity index (χ4v) is 9.58. The number of hydrogen-bond donors (Lipinski definition) is 4. The number of carbonyl (C=O) groups excluding carboxylic acids is 4. The van der Waals surface area contributed by atoms with E-state index in [1.165, 1.54) is 28.4 Å². The number of amides is 4. The Kier molecular flexibility index (Phi) is 12.4. The zero-order valence-corrected chi connectivity index (χ0v) is 37.4. The third-order valence-corrected chi connectivity index (χ3v) is 13.2. The summed E-state index contributed by atoms with van der Waals surface area (Å²) in [6.45, 7) is 11.9. The van der Waals surface area contributed by atoms with Crippen molar-refractivity contribution in [3.63, 3.8) is 0 Å². The lowest BCUT2D eigenvalue weighted by atomic mass is 9.92. The second kappa shape index (κ2) is 18.0. The monoisotopic (exact) mass is 876 g/mol. The minimum absolute atomic E-state index is 0.0775. The van der Waals surface area contributed by atoms with Crippen LogP contribution in [0.1, 0.15) is 82.7 Å². The largest absolute Gasteiger partial charge is 0.488 e. The van der Waals surface area contributed by atoms with Crippen LogP contribution in [0.3, 0.4) is 0 Å². The Balaban J connectivity index is 1.04. The molecule has 0 bridgehead atoms. The molecule has 0 saturated carbocycles. The topological polar surface area (TPSA) is 202 Å². The van der Waals surface area contributed by atoms with Crippen molar-refractivity contribution in [3.05, 3.63) is 78.1 Å². The van der Waals surface area contributed by atoms with Crippen LogP contribution in [-0.4, -0.2) is 113 Å². The molecule has 2 aromatic heterocycles. The van der Waals surface area contributed by atoms with Gasteiger partial charge in [0.05, 0.1) is 61.4 Å². The van der Waals surface area contributed by atoms with Gasteiger partial charge in [0.15, 0.2) is 0 Å². The lowest BCUT2D eigenvalue weighted by Gasteiger charge is -2.34. The van der Waals surface area contributed by atoms with Crippen LogP contribution in [0.15, 0.2) is 60.9 Å². The van der Waals surface area contributed by atoms with Gasteiger partial charge in [0.1, 0.15) is 36.0 Å². The van der Waals surface area contributed by atoms with Crippen LogP contribution in [0.25, 0.3) is 44.2 Å². The number of aromatic nitrogens is 4. The van der Waals surface area contributed by atoms with E-state index >= 15 is 0 Å². The van der Waals surface area contributed by atoms with Crippen molar-refractivity contribution in [2.75, 3.05) is 28.4 Å². The van der Waals surface area contributed by atoms with Crippen LogP contribution >= 0.6 is 0 Å². The molecule has 4 amide bonds. The first kappa shape index (κ1) is 44.2. The molecule has 0 aliphatic carbocycles. The molecule has 0 spiro atoms. The molecule has 8 atom stereocenters. The Morgan fingerprint density at radius 3 is 2.19 bits per heavy atom. The van der Waals surface area contributed by atoms with Gasteiger partial charge in [-0.2, -0.15) is 0 Å². The number of H-pyrrole nitrogens is 2. The Bertz CT molecular complexity index is 2620. The third-order valence-electron chi connectivity index (χ3n) is 13.2. The van der Waals surface area contributed by atoms with Gasteiger partial charge in [-0.1, -0.05) is 24.8 Å². The predicted octanol–water partition coefficient (Wildman–Crippen LogP) is 7.05. The molecule has 338 valence electrons. The molecular formula is C47H56N8O9. The zero-order chi connectivity index (χ0) is 45.6. The summed E-state index contributed by atoms with van der Waals surface area (Å²) in [6, 6.07) is 12.8. The van der Waals surface area contributed by atoms with Crippen LogP contribution < -0.4 is 15.4 Å². The maximum Gasteiger partial charge on any atom is 0.411 e. The van der Waals surface area contributed by atoms with E-state index in [9.17, 15) is 19.2 Å². The van der Waals surface area contributed by atoms with Crippen LogP contribution in [0.5, 0.6) is 5.75 Å². The Hall–Kier alpha value is -6.46. The SMILES string of the molecule is C=C(NC(=O)OC)[C@H](C(=O)N1[C@@H](C)CC[C@H]1c1nc2c(ccc3cc4c(cc32)OCc2cc(-c3cnc([C@@H]5CC[C@H](C)N5C(=O)[C@@H](NC(=O)OC)[C@@H](C)OC)[nH]3)ccc2-4)[nH]1)[C@@H](C)OC. The van der Waals surface area contributed by atoms with Gasteiger partial charge in [-0.15, -0.1) is 0 Å². The molecule has 3 aromatic carbocycles. The average molecular weight is 877 g/mol. The fraction of sp³-hybridized carbons (Fsp3) is 0.447. The van der Waals surface area contributed by atoms with Crippen molar-refractivity contribution < 1.29 is 42.9 Å².